The maximum absolute atomic E-state index is 13.6. The highest BCUT2D eigenvalue weighted by molar-refractivity contribution is 5.85. The van der Waals surface area contributed by atoms with Gasteiger partial charge in [0.25, 0.3) is 0 Å². The largest absolute Gasteiger partial charge is 0.491 e. The van der Waals surface area contributed by atoms with Gasteiger partial charge < -0.3 is 20.7 Å². The zero-order valence-electron chi connectivity index (χ0n) is 13.1. The highest BCUT2D eigenvalue weighted by Gasteiger charge is 2.19. The second-order valence-electron chi connectivity index (χ2n) is 4.68. The SMILES string of the molecule is CCOc1cc(NC(C)C(=O)N(CC)CC)c(N)cc1F. The number of carbonyl (C=O) groups excluding carboxylic acids is 1. The first-order valence-electron chi connectivity index (χ1n) is 7.21. The van der Waals surface area contributed by atoms with Crippen LogP contribution in [0.15, 0.2) is 12.1 Å². The Hall–Kier alpha value is -1.98. The van der Waals surface area contributed by atoms with Crippen LogP contribution in [0.1, 0.15) is 27.7 Å². The Morgan fingerprint density at radius 3 is 2.52 bits per heavy atom. The maximum atomic E-state index is 13.6. The van der Waals surface area contributed by atoms with E-state index in [-0.39, 0.29) is 17.3 Å². The third kappa shape index (κ3) is 4.24. The highest BCUT2D eigenvalue weighted by atomic mass is 19.1. The summed E-state index contributed by atoms with van der Waals surface area (Å²) in [6, 6.07) is 2.23. The Bertz CT molecular complexity index is 490. The van der Waals surface area contributed by atoms with Crippen LogP contribution in [0.2, 0.25) is 0 Å². The van der Waals surface area contributed by atoms with Gasteiger partial charge in [0.1, 0.15) is 6.04 Å². The molecule has 3 N–H and O–H groups in total. The summed E-state index contributed by atoms with van der Waals surface area (Å²) in [5.74, 6) is -0.416. The van der Waals surface area contributed by atoms with Gasteiger partial charge in [0.2, 0.25) is 5.91 Å². The van der Waals surface area contributed by atoms with Crippen LogP contribution in [-0.2, 0) is 4.79 Å². The molecule has 5 nitrogen and oxygen atoms in total. The number of likely N-dealkylation sites (N-methyl/N-ethyl adjacent to an activating group) is 1. The fraction of sp³-hybridized carbons (Fsp3) is 0.533. The Balaban J connectivity index is 2.91. The van der Waals surface area contributed by atoms with Gasteiger partial charge in [0, 0.05) is 25.2 Å². The standard InChI is InChI=1S/C15H24FN3O2/c1-5-19(6-2)15(20)10(4)18-13-9-14(21-7-3)11(16)8-12(13)17/h8-10,18H,5-7,17H2,1-4H3. The number of nitrogen functional groups attached to an aromatic ring is 1. The number of carbonyl (C=O) groups is 1. The smallest absolute Gasteiger partial charge is 0.244 e. The minimum absolute atomic E-state index is 0.0262. The fourth-order valence-electron chi connectivity index (χ4n) is 2.06. The molecule has 0 aliphatic carbocycles. The number of nitrogens with two attached hydrogens (primary N) is 1. The van der Waals surface area contributed by atoms with Crippen molar-refractivity contribution in [3.05, 3.63) is 17.9 Å². The van der Waals surface area contributed by atoms with Gasteiger partial charge in [-0.15, -0.1) is 0 Å². The van der Waals surface area contributed by atoms with E-state index in [9.17, 15) is 9.18 Å². The van der Waals surface area contributed by atoms with Crippen molar-refractivity contribution in [1.82, 2.24) is 4.90 Å². The van der Waals surface area contributed by atoms with E-state index in [2.05, 4.69) is 5.32 Å². The van der Waals surface area contributed by atoms with E-state index in [1.807, 2.05) is 13.8 Å². The van der Waals surface area contributed by atoms with Crippen molar-refractivity contribution in [2.24, 2.45) is 0 Å². The summed E-state index contributed by atoms with van der Waals surface area (Å²) in [5.41, 5.74) is 6.53. The highest BCUT2D eigenvalue weighted by Crippen LogP contribution is 2.28. The summed E-state index contributed by atoms with van der Waals surface area (Å²) in [7, 11) is 0. The van der Waals surface area contributed by atoms with Gasteiger partial charge in [0.05, 0.1) is 18.0 Å². The zero-order chi connectivity index (χ0) is 16.0. The molecule has 1 atom stereocenters. The summed E-state index contributed by atoms with van der Waals surface area (Å²) in [6.45, 7) is 9.02. The lowest BCUT2D eigenvalue weighted by Crippen LogP contribution is -2.41. The van der Waals surface area contributed by atoms with Crippen molar-refractivity contribution in [1.29, 1.82) is 0 Å². The normalized spacial score (nSPS) is 11.9. The van der Waals surface area contributed by atoms with Gasteiger partial charge in [-0.3, -0.25) is 4.79 Å². The van der Waals surface area contributed by atoms with Crippen LogP contribution < -0.4 is 15.8 Å². The van der Waals surface area contributed by atoms with Crippen LogP contribution >= 0.6 is 0 Å². The number of benzene rings is 1. The van der Waals surface area contributed by atoms with Crippen molar-refractivity contribution >= 4 is 17.3 Å². The van der Waals surface area contributed by atoms with E-state index < -0.39 is 11.9 Å². The number of amides is 1. The van der Waals surface area contributed by atoms with Crippen molar-refractivity contribution in [3.63, 3.8) is 0 Å². The van der Waals surface area contributed by atoms with Crippen molar-refractivity contribution in [2.45, 2.75) is 33.7 Å². The Morgan fingerprint density at radius 2 is 2.00 bits per heavy atom. The molecule has 0 bridgehead atoms. The number of nitrogens with zero attached hydrogens (tertiary/aromatic N) is 1. The summed E-state index contributed by atoms with van der Waals surface area (Å²) in [5, 5.41) is 3.02. The summed E-state index contributed by atoms with van der Waals surface area (Å²) >= 11 is 0. The van der Waals surface area contributed by atoms with E-state index >= 15 is 0 Å². The quantitative estimate of drug-likeness (QED) is 0.759. The molecule has 1 rings (SSSR count). The number of rotatable bonds is 7. The van der Waals surface area contributed by atoms with Gasteiger partial charge in [-0.25, -0.2) is 4.39 Å². The molecule has 6 heteroatoms. The second kappa shape index (κ2) is 7.71. The number of anilines is 2. The predicted molar refractivity (Wildman–Crippen MR) is 83.0 cm³/mol. The minimum Gasteiger partial charge on any atom is -0.491 e. The van der Waals surface area contributed by atoms with Gasteiger partial charge in [-0.2, -0.15) is 0 Å². The number of ether oxygens (including phenoxy) is 1. The average Bonchev–Trinajstić information content (AvgIpc) is 2.45. The molecule has 0 fully saturated rings. The molecule has 1 aromatic carbocycles. The maximum Gasteiger partial charge on any atom is 0.244 e. The number of hydrogen-bond acceptors (Lipinski definition) is 4. The van der Waals surface area contributed by atoms with Crippen molar-refractivity contribution in [3.8, 4) is 5.75 Å². The van der Waals surface area contributed by atoms with Crippen LogP contribution in [0, 0.1) is 5.82 Å². The van der Waals surface area contributed by atoms with E-state index in [0.717, 1.165) is 0 Å². The van der Waals surface area contributed by atoms with Crippen LogP contribution in [-0.4, -0.2) is 36.5 Å². The molecule has 1 unspecified atom stereocenters. The van der Waals surface area contributed by atoms with E-state index in [1.165, 1.54) is 12.1 Å². The Labute approximate surface area is 125 Å². The first-order valence-corrected chi connectivity index (χ1v) is 7.21. The fourth-order valence-corrected chi connectivity index (χ4v) is 2.06. The average molecular weight is 297 g/mol. The molecule has 21 heavy (non-hydrogen) atoms. The van der Waals surface area contributed by atoms with Crippen LogP contribution in [0.5, 0.6) is 5.75 Å². The van der Waals surface area contributed by atoms with E-state index in [1.54, 1.807) is 18.7 Å². The topological polar surface area (TPSA) is 67.6 Å². The molecule has 0 heterocycles. The van der Waals surface area contributed by atoms with Crippen LogP contribution in [0.25, 0.3) is 0 Å². The molecule has 0 radical (unpaired) electrons. The molecule has 1 aromatic rings. The van der Waals surface area contributed by atoms with Crippen molar-refractivity contribution < 1.29 is 13.9 Å². The first-order chi connectivity index (χ1) is 9.94. The lowest BCUT2D eigenvalue weighted by atomic mass is 10.2. The van der Waals surface area contributed by atoms with Crippen molar-refractivity contribution in [2.75, 3.05) is 30.7 Å². The lowest BCUT2D eigenvalue weighted by Gasteiger charge is -2.24. The molecule has 118 valence electrons. The third-order valence-corrected chi connectivity index (χ3v) is 3.22. The minimum atomic E-state index is -0.511. The van der Waals surface area contributed by atoms with E-state index in [4.69, 9.17) is 10.5 Å². The predicted octanol–water partition coefficient (Wildman–Crippen LogP) is 2.48. The number of nitrogens with one attached hydrogen (secondary N) is 1. The molecular weight excluding hydrogens is 273 g/mol. The number of halogens is 1. The molecule has 0 saturated heterocycles. The molecule has 0 saturated carbocycles. The third-order valence-electron chi connectivity index (χ3n) is 3.22. The lowest BCUT2D eigenvalue weighted by molar-refractivity contribution is -0.131. The molecule has 0 spiro atoms. The Morgan fingerprint density at radius 1 is 1.38 bits per heavy atom. The molecule has 0 aliphatic rings. The van der Waals surface area contributed by atoms with Crippen LogP contribution in [0.3, 0.4) is 0 Å². The summed E-state index contributed by atoms with van der Waals surface area (Å²) in [4.78, 5) is 13.9. The van der Waals surface area contributed by atoms with Crippen LogP contribution in [0.4, 0.5) is 15.8 Å². The molecule has 0 aliphatic heterocycles. The molecular formula is C15H24FN3O2. The van der Waals surface area contributed by atoms with E-state index in [0.29, 0.717) is 25.4 Å². The Kier molecular flexibility index (Phi) is 6.27. The zero-order valence-corrected chi connectivity index (χ0v) is 13.1. The second-order valence-corrected chi connectivity index (χ2v) is 4.68. The summed E-state index contributed by atoms with van der Waals surface area (Å²) < 4.78 is 18.8. The van der Waals surface area contributed by atoms with Gasteiger partial charge in [-0.1, -0.05) is 0 Å². The van der Waals surface area contributed by atoms with Gasteiger partial charge in [-0.05, 0) is 27.7 Å². The van der Waals surface area contributed by atoms with Gasteiger partial charge >= 0.3 is 0 Å². The van der Waals surface area contributed by atoms with Gasteiger partial charge in [0.15, 0.2) is 11.6 Å². The molecule has 0 aromatic heterocycles. The number of hydrogen-bond donors (Lipinski definition) is 2. The first kappa shape index (κ1) is 17.1. The molecule has 1 amide bonds. The monoisotopic (exact) mass is 297 g/mol. The summed E-state index contributed by atoms with van der Waals surface area (Å²) in [6.07, 6.45) is 0.